The Morgan fingerprint density at radius 2 is 2.15 bits per heavy atom. The maximum atomic E-state index is 6.33. The average Bonchev–Trinajstić information content (AvgIpc) is 2.95. The van der Waals surface area contributed by atoms with Gasteiger partial charge in [-0.25, -0.2) is 0 Å². The van der Waals surface area contributed by atoms with Crippen LogP contribution in [0.3, 0.4) is 0 Å². The largest absolute Gasteiger partial charge is 0.468 e. The number of likely N-dealkylation sites (tertiary alicyclic amines) is 1. The van der Waals surface area contributed by atoms with E-state index in [0.29, 0.717) is 0 Å². The van der Waals surface area contributed by atoms with Crippen LogP contribution in [-0.2, 0) is 0 Å². The molecule has 1 aromatic heterocycles. The van der Waals surface area contributed by atoms with Crippen LogP contribution >= 0.6 is 0 Å². The van der Waals surface area contributed by atoms with Crippen LogP contribution in [0, 0.1) is 5.92 Å². The molecule has 114 valence electrons. The van der Waals surface area contributed by atoms with Gasteiger partial charge in [0.2, 0.25) is 0 Å². The summed E-state index contributed by atoms with van der Waals surface area (Å²) in [7, 11) is 4.39. The third-order valence-corrected chi connectivity index (χ3v) is 4.57. The molecule has 2 unspecified atom stereocenters. The van der Waals surface area contributed by atoms with Crippen LogP contribution in [0.25, 0.3) is 0 Å². The van der Waals surface area contributed by atoms with Crippen molar-refractivity contribution in [1.82, 2.24) is 9.80 Å². The summed E-state index contributed by atoms with van der Waals surface area (Å²) < 4.78 is 5.62. The lowest BCUT2D eigenvalue weighted by Gasteiger charge is -2.36. The molecular formula is C16H29N3O. The molecule has 0 bridgehead atoms. The number of hydrogen-bond donors (Lipinski definition) is 1. The van der Waals surface area contributed by atoms with Gasteiger partial charge in [-0.1, -0.05) is 6.92 Å². The van der Waals surface area contributed by atoms with E-state index in [9.17, 15) is 0 Å². The van der Waals surface area contributed by atoms with Crippen LogP contribution in [0.2, 0.25) is 0 Å². The molecular weight excluding hydrogens is 250 g/mol. The van der Waals surface area contributed by atoms with E-state index in [-0.39, 0.29) is 12.1 Å². The maximum Gasteiger partial charge on any atom is 0.122 e. The van der Waals surface area contributed by atoms with Gasteiger partial charge < -0.3 is 15.1 Å². The fourth-order valence-corrected chi connectivity index (χ4v) is 3.20. The Morgan fingerprint density at radius 3 is 2.70 bits per heavy atom. The summed E-state index contributed by atoms with van der Waals surface area (Å²) in [4.78, 5) is 4.81. The molecule has 2 atom stereocenters. The van der Waals surface area contributed by atoms with Gasteiger partial charge in [0, 0.05) is 12.6 Å². The predicted octanol–water partition coefficient (Wildman–Crippen LogP) is 2.33. The van der Waals surface area contributed by atoms with E-state index in [4.69, 9.17) is 10.2 Å². The van der Waals surface area contributed by atoms with E-state index in [1.807, 2.05) is 12.1 Å². The van der Waals surface area contributed by atoms with E-state index in [1.54, 1.807) is 6.26 Å². The van der Waals surface area contributed by atoms with Crippen LogP contribution in [0.5, 0.6) is 0 Å². The molecule has 1 aliphatic heterocycles. The van der Waals surface area contributed by atoms with Crippen molar-refractivity contribution in [3.8, 4) is 0 Å². The van der Waals surface area contributed by atoms with Crippen molar-refractivity contribution < 1.29 is 4.42 Å². The van der Waals surface area contributed by atoms with E-state index >= 15 is 0 Å². The molecule has 2 N–H and O–H groups in total. The van der Waals surface area contributed by atoms with Crippen molar-refractivity contribution in [2.45, 2.75) is 38.3 Å². The minimum atomic E-state index is 0.123. The standard InChI is InChI=1S/C16H29N3O/c1-4-14(17)16(15-6-5-11-20-15)19(3)12-13-7-9-18(2)10-8-13/h5-6,11,13-14,16H,4,7-10,12,17H2,1-3H3. The summed E-state index contributed by atoms with van der Waals surface area (Å²) in [6.07, 6.45) is 5.28. The molecule has 1 fully saturated rings. The molecule has 0 radical (unpaired) electrons. The Morgan fingerprint density at radius 1 is 1.45 bits per heavy atom. The summed E-state index contributed by atoms with van der Waals surface area (Å²) in [5.41, 5.74) is 6.33. The van der Waals surface area contributed by atoms with Crippen molar-refractivity contribution in [2.75, 3.05) is 33.7 Å². The van der Waals surface area contributed by atoms with Crippen molar-refractivity contribution in [3.05, 3.63) is 24.2 Å². The SMILES string of the molecule is CCC(N)C(c1ccco1)N(C)CC1CCN(C)CC1. The number of nitrogens with two attached hydrogens (primary N) is 1. The highest BCUT2D eigenvalue weighted by Crippen LogP contribution is 2.27. The molecule has 0 spiro atoms. The van der Waals surface area contributed by atoms with Gasteiger partial charge in [-0.05, 0) is 64.5 Å². The van der Waals surface area contributed by atoms with Gasteiger partial charge in [0.15, 0.2) is 0 Å². The second-order valence-corrected chi connectivity index (χ2v) is 6.22. The highest BCUT2D eigenvalue weighted by atomic mass is 16.3. The van der Waals surface area contributed by atoms with Gasteiger partial charge in [-0.15, -0.1) is 0 Å². The maximum absolute atomic E-state index is 6.33. The summed E-state index contributed by atoms with van der Waals surface area (Å²) in [6, 6.07) is 4.31. The van der Waals surface area contributed by atoms with E-state index < -0.39 is 0 Å². The number of rotatable bonds is 6. The number of furan rings is 1. The molecule has 1 aliphatic rings. The van der Waals surface area contributed by atoms with E-state index in [2.05, 4.69) is 30.8 Å². The minimum absolute atomic E-state index is 0.123. The van der Waals surface area contributed by atoms with Gasteiger partial charge in [0.05, 0.1) is 12.3 Å². The molecule has 1 aromatic rings. The number of likely N-dealkylation sites (N-methyl/N-ethyl adjacent to an activating group) is 1. The third kappa shape index (κ3) is 3.84. The Kier molecular flexibility index (Phi) is 5.64. The first-order chi connectivity index (χ1) is 9.61. The van der Waals surface area contributed by atoms with Crippen LogP contribution in [0.15, 0.2) is 22.8 Å². The lowest BCUT2D eigenvalue weighted by molar-refractivity contribution is 0.125. The van der Waals surface area contributed by atoms with Crippen LogP contribution in [0.4, 0.5) is 0 Å². The predicted molar refractivity (Wildman–Crippen MR) is 82.6 cm³/mol. The highest BCUT2D eigenvalue weighted by Gasteiger charge is 2.28. The molecule has 0 saturated carbocycles. The summed E-state index contributed by atoms with van der Waals surface area (Å²) in [6.45, 7) is 5.67. The molecule has 2 rings (SSSR count). The summed E-state index contributed by atoms with van der Waals surface area (Å²) in [5, 5.41) is 0. The van der Waals surface area contributed by atoms with E-state index in [0.717, 1.165) is 24.6 Å². The molecule has 4 nitrogen and oxygen atoms in total. The minimum Gasteiger partial charge on any atom is -0.468 e. The molecule has 4 heteroatoms. The second kappa shape index (κ2) is 7.25. The summed E-state index contributed by atoms with van der Waals surface area (Å²) in [5.74, 6) is 1.77. The van der Waals surface area contributed by atoms with Gasteiger partial charge in [0.25, 0.3) is 0 Å². The van der Waals surface area contributed by atoms with Gasteiger partial charge in [-0.3, -0.25) is 4.90 Å². The first-order valence-electron chi connectivity index (χ1n) is 7.79. The van der Waals surface area contributed by atoms with Crippen molar-refractivity contribution in [3.63, 3.8) is 0 Å². The quantitative estimate of drug-likeness (QED) is 0.868. The first-order valence-corrected chi connectivity index (χ1v) is 7.79. The number of hydrogen-bond acceptors (Lipinski definition) is 4. The molecule has 20 heavy (non-hydrogen) atoms. The third-order valence-electron chi connectivity index (χ3n) is 4.57. The van der Waals surface area contributed by atoms with Crippen LogP contribution < -0.4 is 5.73 Å². The number of nitrogens with zero attached hydrogens (tertiary/aromatic N) is 2. The van der Waals surface area contributed by atoms with Gasteiger partial charge in [0.1, 0.15) is 5.76 Å². The van der Waals surface area contributed by atoms with Gasteiger partial charge in [-0.2, -0.15) is 0 Å². The topological polar surface area (TPSA) is 45.6 Å². The second-order valence-electron chi connectivity index (χ2n) is 6.22. The molecule has 2 heterocycles. The Bertz CT molecular complexity index is 371. The molecule has 0 aromatic carbocycles. The monoisotopic (exact) mass is 279 g/mol. The Labute approximate surface area is 122 Å². The van der Waals surface area contributed by atoms with Crippen LogP contribution in [0.1, 0.15) is 38.0 Å². The zero-order valence-corrected chi connectivity index (χ0v) is 13.1. The smallest absolute Gasteiger partial charge is 0.122 e. The van der Waals surface area contributed by atoms with Crippen molar-refractivity contribution in [2.24, 2.45) is 11.7 Å². The lowest BCUT2D eigenvalue weighted by Crippen LogP contribution is -2.42. The number of piperidine rings is 1. The molecule has 1 saturated heterocycles. The normalized spacial score (nSPS) is 21.2. The van der Waals surface area contributed by atoms with Crippen molar-refractivity contribution >= 4 is 0 Å². The molecule has 0 aliphatic carbocycles. The average molecular weight is 279 g/mol. The zero-order chi connectivity index (χ0) is 14.5. The van der Waals surface area contributed by atoms with Gasteiger partial charge >= 0.3 is 0 Å². The Balaban J connectivity index is 1.98. The Hall–Kier alpha value is -0.840. The van der Waals surface area contributed by atoms with E-state index in [1.165, 1.54) is 25.9 Å². The lowest BCUT2D eigenvalue weighted by atomic mass is 9.94. The fourth-order valence-electron chi connectivity index (χ4n) is 3.20. The zero-order valence-electron chi connectivity index (χ0n) is 13.1. The summed E-state index contributed by atoms with van der Waals surface area (Å²) >= 11 is 0. The highest BCUT2D eigenvalue weighted by molar-refractivity contribution is 5.07. The van der Waals surface area contributed by atoms with Crippen molar-refractivity contribution in [1.29, 1.82) is 0 Å². The fraction of sp³-hybridized carbons (Fsp3) is 0.750. The van der Waals surface area contributed by atoms with Crippen LogP contribution in [-0.4, -0.2) is 49.6 Å². The molecule has 0 amide bonds. The first kappa shape index (κ1) is 15.5.